The number of hydrogen-bond acceptors (Lipinski definition) is 3. The SMILES string of the molecule is Cc1cc(C)c(C(N)=S)c(Oc2ccc(F)c(Cl)c2)n1. The average molecular weight is 311 g/mol. The van der Waals surface area contributed by atoms with Gasteiger partial charge in [0.25, 0.3) is 0 Å². The topological polar surface area (TPSA) is 48.1 Å². The minimum Gasteiger partial charge on any atom is -0.438 e. The van der Waals surface area contributed by atoms with E-state index < -0.39 is 5.82 Å². The molecule has 1 aromatic heterocycles. The summed E-state index contributed by atoms with van der Waals surface area (Å²) in [5, 5.41) is -0.0243. The molecule has 0 unspecified atom stereocenters. The maximum Gasteiger partial charge on any atom is 0.229 e. The van der Waals surface area contributed by atoms with Gasteiger partial charge in [-0.1, -0.05) is 23.8 Å². The molecule has 2 N–H and O–H groups in total. The van der Waals surface area contributed by atoms with Gasteiger partial charge in [-0.05, 0) is 37.6 Å². The normalized spacial score (nSPS) is 10.4. The highest BCUT2D eigenvalue weighted by atomic mass is 35.5. The Balaban J connectivity index is 2.47. The zero-order valence-electron chi connectivity index (χ0n) is 10.9. The second kappa shape index (κ2) is 5.73. The highest BCUT2D eigenvalue weighted by Gasteiger charge is 2.14. The van der Waals surface area contributed by atoms with E-state index >= 15 is 0 Å². The quantitative estimate of drug-likeness (QED) is 0.873. The van der Waals surface area contributed by atoms with Gasteiger partial charge >= 0.3 is 0 Å². The molecule has 1 heterocycles. The van der Waals surface area contributed by atoms with Crippen LogP contribution in [-0.4, -0.2) is 9.97 Å². The van der Waals surface area contributed by atoms with Gasteiger partial charge < -0.3 is 10.5 Å². The van der Waals surface area contributed by atoms with Gasteiger partial charge in [0.05, 0.1) is 10.6 Å². The first-order valence-corrected chi connectivity index (χ1v) is 6.58. The third-order valence-electron chi connectivity index (χ3n) is 2.66. The maximum atomic E-state index is 13.1. The molecule has 0 amide bonds. The maximum absolute atomic E-state index is 13.1. The van der Waals surface area contributed by atoms with Crippen molar-refractivity contribution in [3.63, 3.8) is 0 Å². The van der Waals surface area contributed by atoms with E-state index in [4.69, 9.17) is 34.3 Å². The van der Waals surface area contributed by atoms with Crippen LogP contribution in [0.5, 0.6) is 11.6 Å². The average Bonchev–Trinajstić information content (AvgIpc) is 2.32. The molecule has 0 atom stereocenters. The molecule has 0 saturated carbocycles. The number of ether oxygens (including phenoxy) is 1. The molecule has 0 spiro atoms. The van der Waals surface area contributed by atoms with Gasteiger partial charge in [-0.15, -0.1) is 0 Å². The van der Waals surface area contributed by atoms with E-state index in [-0.39, 0.29) is 15.9 Å². The van der Waals surface area contributed by atoms with Gasteiger partial charge in [-0.3, -0.25) is 0 Å². The number of pyridine rings is 1. The monoisotopic (exact) mass is 310 g/mol. The van der Waals surface area contributed by atoms with E-state index in [0.717, 1.165) is 11.3 Å². The summed E-state index contributed by atoms with van der Waals surface area (Å²) >= 11 is 10.7. The second-order valence-corrected chi connectivity index (χ2v) is 5.15. The lowest BCUT2D eigenvalue weighted by Crippen LogP contribution is -2.14. The molecule has 0 bridgehead atoms. The molecule has 1 aromatic carbocycles. The molecule has 0 aliphatic carbocycles. The Kier molecular flexibility index (Phi) is 4.20. The first-order valence-electron chi connectivity index (χ1n) is 5.79. The molecule has 0 saturated heterocycles. The molecule has 2 rings (SSSR count). The predicted molar refractivity (Wildman–Crippen MR) is 81.1 cm³/mol. The van der Waals surface area contributed by atoms with Crippen LogP contribution in [0.3, 0.4) is 0 Å². The minimum atomic E-state index is -0.512. The van der Waals surface area contributed by atoms with Crippen LogP contribution in [-0.2, 0) is 0 Å². The Morgan fingerprint density at radius 3 is 2.65 bits per heavy atom. The predicted octanol–water partition coefficient (Wildman–Crippen LogP) is 3.92. The molecule has 20 heavy (non-hydrogen) atoms. The summed E-state index contributed by atoms with van der Waals surface area (Å²) in [6.07, 6.45) is 0. The summed E-state index contributed by atoms with van der Waals surface area (Å²) in [6, 6.07) is 5.92. The standard InChI is InChI=1S/C14H12ClFN2OS/c1-7-5-8(2)18-14(12(7)13(17)20)19-9-3-4-11(16)10(15)6-9/h3-6H,1-2H3,(H2,17,20). The van der Waals surface area contributed by atoms with Gasteiger partial charge in [0.15, 0.2) is 0 Å². The molecule has 0 aliphatic heterocycles. The largest absolute Gasteiger partial charge is 0.438 e. The van der Waals surface area contributed by atoms with Crippen LogP contribution in [0.2, 0.25) is 5.02 Å². The zero-order valence-corrected chi connectivity index (χ0v) is 12.5. The van der Waals surface area contributed by atoms with Crippen LogP contribution in [0.25, 0.3) is 0 Å². The van der Waals surface area contributed by atoms with E-state index in [9.17, 15) is 4.39 Å². The van der Waals surface area contributed by atoms with E-state index in [2.05, 4.69) is 4.98 Å². The molecular formula is C14H12ClFN2OS. The van der Waals surface area contributed by atoms with Crippen molar-refractivity contribution in [3.05, 3.63) is 51.9 Å². The third kappa shape index (κ3) is 3.05. The smallest absolute Gasteiger partial charge is 0.229 e. The number of rotatable bonds is 3. The summed E-state index contributed by atoms with van der Waals surface area (Å²) in [5.41, 5.74) is 7.90. The first-order chi connectivity index (χ1) is 9.38. The first kappa shape index (κ1) is 14.7. The van der Waals surface area contributed by atoms with Gasteiger partial charge in [0, 0.05) is 11.8 Å². The summed E-state index contributed by atoms with van der Waals surface area (Å²) in [5.74, 6) is 0.144. The molecule has 0 aliphatic rings. The molecule has 0 fully saturated rings. The third-order valence-corrected chi connectivity index (χ3v) is 3.16. The minimum absolute atomic E-state index is 0.0243. The molecule has 6 heteroatoms. The summed E-state index contributed by atoms with van der Waals surface area (Å²) < 4.78 is 18.8. The summed E-state index contributed by atoms with van der Waals surface area (Å²) in [6.45, 7) is 3.70. The van der Waals surface area contributed by atoms with Crippen molar-refractivity contribution in [2.45, 2.75) is 13.8 Å². The Bertz CT molecular complexity index is 691. The van der Waals surface area contributed by atoms with Crippen molar-refractivity contribution in [1.82, 2.24) is 4.98 Å². The van der Waals surface area contributed by atoms with E-state index in [0.29, 0.717) is 11.3 Å². The fourth-order valence-electron chi connectivity index (χ4n) is 1.83. The van der Waals surface area contributed by atoms with Crippen molar-refractivity contribution in [1.29, 1.82) is 0 Å². The Hall–Kier alpha value is -1.72. The number of aryl methyl sites for hydroxylation is 2. The Morgan fingerprint density at radius 1 is 1.35 bits per heavy atom. The lowest BCUT2D eigenvalue weighted by Gasteiger charge is -2.13. The number of nitrogens with zero attached hydrogens (tertiary/aromatic N) is 1. The van der Waals surface area contributed by atoms with Gasteiger partial charge in [-0.25, -0.2) is 9.37 Å². The molecule has 104 valence electrons. The number of thiocarbonyl (C=S) groups is 1. The highest BCUT2D eigenvalue weighted by Crippen LogP contribution is 2.29. The van der Waals surface area contributed by atoms with Crippen LogP contribution in [0.1, 0.15) is 16.8 Å². The van der Waals surface area contributed by atoms with E-state index in [1.165, 1.54) is 18.2 Å². The molecular weight excluding hydrogens is 299 g/mol. The van der Waals surface area contributed by atoms with Crippen LogP contribution < -0.4 is 10.5 Å². The van der Waals surface area contributed by atoms with E-state index in [1.807, 2.05) is 19.9 Å². The van der Waals surface area contributed by atoms with Crippen LogP contribution >= 0.6 is 23.8 Å². The zero-order chi connectivity index (χ0) is 14.9. The molecule has 3 nitrogen and oxygen atoms in total. The van der Waals surface area contributed by atoms with Crippen LogP contribution in [0.15, 0.2) is 24.3 Å². The van der Waals surface area contributed by atoms with Crippen molar-refractivity contribution in [2.24, 2.45) is 5.73 Å². The highest BCUT2D eigenvalue weighted by molar-refractivity contribution is 7.80. The Morgan fingerprint density at radius 2 is 2.05 bits per heavy atom. The van der Waals surface area contributed by atoms with Crippen molar-refractivity contribution in [3.8, 4) is 11.6 Å². The molecule has 0 radical (unpaired) electrons. The number of benzene rings is 1. The van der Waals surface area contributed by atoms with Crippen LogP contribution in [0.4, 0.5) is 4.39 Å². The summed E-state index contributed by atoms with van der Waals surface area (Å²) in [7, 11) is 0. The lowest BCUT2D eigenvalue weighted by molar-refractivity contribution is 0.458. The lowest BCUT2D eigenvalue weighted by atomic mass is 10.1. The van der Waals surface area contributed by atoms with Gasteiger partial charge in [-0.2, -0.15) is 0 Å². The van der Waals surface area contributed by atoms with Crippen molar-refractivity contribution in [2.75, 3.05) is 0 Å². The van der Waals surface area contributed by atoms with Gasteiger partial charge in [0.1, 0.15) is 16.6 Å². The van der Waals surface area contributed by atoms with E-state index in [1.54, 1.807) is 0 Å². The second-order valence-electron chi connectivity index (χ2n) is 4.30. The fourth-order valence-corrected chi connectivity index (χ4v) is 2.25. The molecule has 2 aromatic rings. The Labute approximate surface area is 126 Å². The van der Waals surface area contributed by atoms with Crippen molar-refractivity contribution >= 4 is 28.8 Å². The van der Waals surface area contributed by atoms with Crippen LogP contribution in [0, 0.1) is 19.7 Å². The van der Waals surface area contributed by atoms with Gasteiger partial charge in [0.2, 0.25) is 5.88 Å². The number of nitrogens with two attached hydrogens (primary N) is 1. The van der Waals surface area contributed by atoms with Crippen molar-refractivity contribution < 1.29 is 9.13 Å². The number of halogens is 2. The number of hydrogen-bond donors (Lipinski definition) is 1. The number of aromatic nitrogens is 1. The fraction of sp³-hybridized carbons (Fsp3) is 0.143. The summed E-state index contributed by atoms with van der Waals surface area (Å²) in [4.78, 5) is 4.47.